The normalized spacial score (nSPS) is 15.4. The highest BCUT2D eigenvalue weighted by molar-refractivity contribution is 6.32. The Labute approximate surface area is 374 Å². The van der Waals surface area contributed by atoms with E-state index < -0.39 is 91.0 Å². The quantitative estimate of drug-likeness (QED) is 0.0705. The maximum absolute atomic E-state index is 13.6. The third-order valence-electron chi connectivity index (χ3n) is 9.88. The summed E-state index contributed by atoms with van der Waals surface area (Å²) in [5.41, 5.74) is -9.33. The van der Waals surface area contributed by atoms with E-state index in [1.54, 1.807) is 48.5 Å². The van der Waals surface area contributed by atoms with E-state index >= 15 is 0 Å². The molecule has 0 unspecified atom stereocenters. The average molecular weight is 950 g/mol. The SMILES string of the molecule is CC1(C)C(=O)N(c2ccc([N+](=O)[O-])c(C(F)(F)F)c2)C(=O)N1CCCN1C(=O)N(c2ccc([N+](=O)[O-])c(C(F)(F)F)c2)C(=O)C1(C)C.N#Cc1ccccc1Cl.N#Cc1ccccc1Cl. The molecule has 6 rings (SSSR count). The van der Waals surface area contributed by atoms with Gasteiger partial charge in [-0.3, -0.25) is 29.8 Å². The second kappa shape index (κ2) is 19.2. The molecule has 4 aromatic rings. The molecule has 16 nitrogen and oxygen atoms in total. The summed E-state index contributed by atoms with van der Waals surface area (Å²) in [6, 6.07) is 19.0. The topological polar surface area (TPSA) is 215 Å². The lowest BCUT2D eigenvalue weighted by atomic mass is 10.0. The number of hydrogen-bond acceptors (Lipinski definition) is 10. The maximum Gasteiger partial charge on any atom is 0.423 e. The smallest absolute Gasteiger partial charge is 0.310 e. The molecule has 0 aromatic heterocycles. The fourth-order valence-electron chi connectivity index (χ4n) is 6.47. The van der Waals surface area contributed by atoms with Crippen LogP contribution in [0.15, 0.2) is 84.9 Å². The third kappa shape index (κ3) is 10.6. The van der Waals surface area contributed by atoms with Crippen LogP contribution in [0.2, 0.25) is 10.0 Å². The van der Waals surface area contributed by atoms with Crippen LogP contribution < -0.4 is 9.80 Å². The fraction of sp³-hybridized carbons (Fsp3) is 0.268. The standard InChI is InChI=1S/C27H24F6N6O8.2C7H4ClN/c1-24(2)20(40)36(14-6-8-18(38(44)45)16(12-14)26(28,29)30)22(42)34(24)10-5-11-35-23(43)37(21(41)25(35,3)4)15-7-9-19(39(46)47)17(13-15)27(31,32)33;2*8-7-4-2-1-3-6(7)5-9/h6-9,12-13H,5,10-11H2,1-4H3;2*1-4H. The van der Waals surface area contributed by atoms with Crippen molar-refractivity contribution in [1.82, 2.24) is 9.80 Å². The molecule has 0 atom stereocenters. The molecule has 2 aliphatic rings. The van der Waals surface area contributed by atoms with Gasteiger partial charge in [0.05, 0.1) is 42.4 Å². The highest BCUT2D eigenvalue weighted by Gasteiger charge is 2.54. The van der Waals surface area contributed by atoms with Gasteiger partial charge in [-0.2, -0.15) is 36.9 Å². The van der Waals surface area contributed by atoms with Crippen molar-refractivity contribution in [2.24, 2.45) is 0 Å². The minimum atomic E-state index is -5.19. The molecule has 4 aromatic carbocycles. The number of urea groups is 2. The predicted octanol–water partition coefficient (Wildman–Crippen LogP) is 10.1. The van der Waals surface area contributed by atoms with E-state index in [0.717, 1.165) is 21.9 Å². The van der Waals surface area contributed by atoms with Crippen LogP contribution in [-0.4, -0.2) is 67.7 Å². The molecular weight excluding hydrogens is 917 g/mol. The zero-order valence-corrected chi connectivity index (χ0v) is 35.6. The maximum atomic E-state index is 13.6. The Morgan fingerprint density at radius 2 is 0.923 bits per heavy atom. The summed E-state index contributed by atoms with van der Waals surface area (Å²) in [5, 5.41) is 40.0. The molecule has 2 heterocycles. The van der Waals surface area contributed by atoms with Crippen LogP contribution >= 0.6 is 23.2 Å². The summed E-state index contributed by atoms with van der Waals surface area (Å²) in [4.78, 5) is 75.7. The lowest BCUT2D eigenvalue weighted by Gasteiger charge is -2.31. The van der Waals surface area contributed by atoms with Crippen molar-refractivity contribution in [3.8, 4) is 12.1 Å². The Kier molecular flexibility index (Phi) is 14.9. The molecule has 0 bridgehead atoms. The van der Waals surface area contributed by atoms with E-state index in [-0.39, 0.29) is 19.5 Å². The predicted molar refractivity (Wildman–Crippen MR) is 220 cm³/mol. The van der Waals surface area contributed by atoms with Gasteiger partial charge in [-0.25, -0.2) is 19.4 Å². The Morgan fingerprint density at radius 1 is 0.600 bits per heavy atom. The molecule has 24 heteroatoms. The number of carbonyl (C=O) groups excluding carboxylic acids is 4. The van der Waals surface area contributed by atoms with Crippen LogP contribution in [0, 0.1) is 42.9 Å². The molecule has 65 heavy (non-hydrogen) atoms. The molecule has 0 saturated carbocycles. The van der Waals surface area contributed by atoms with Gasteiger partial charge < -0.3 is 9.80 Å². The highest BCUT2D eigenvalue weighted by atomic mass is 35.5. The van der Waals surface area contributed by atoms with Gasteiger partial charge in [0.15, 0.2) is 0 Å². The molecule has 2 fully saturated rings. The van der Waals surface area contributed by atoms with Crippen molar-refractivity contribution in [2.75, 3.05) is 22.9 Å². The van der Waals surface area contributed by atoms with Crippen molar-refractivity contribution in [1.29, 1.82) is 10.5 Å². The number of amides is 6. The van der Waals surface area contributed by atoms with Crippen LogP contribution in [-0.2, 0) is 21.9 Å². The number of alkyl halides is 6. The first-order valence-electron chi connectivity index (χ1n) is 18.5. The zero-order valence-electron chi connectivity index (χ0n) is 34.1. The van der Waals surface area contributed by atoms with Gasteiger partial charge in [-0.15, -0.1) is 0 Å². The summed E-state index contributed by atoms with van der Waals surface area (Å²) >= 11 is 11.2. The molecule has 0 spiro atoms. The Balaban J connectivity index is 0.000000421. The van der Waals surface area contributed by atoms with E-state index in [2.05, 4.69) is 0 Å². The number of halogens is 8. The van der Waals surface area contributed by atoms with Gasteiger partial charge >= 0.3 is 24.4 Å². The number of nitro groups is 2. The van der Waals surface area contributed by atoms with Crippen molar-refractivity contribution >= 4 is 69.8 Å². The third-order valence-corrected chi connectivity index (χ3v) is 10.5. The monoisotopic (exact) mass is 948 g/mol. The number of benzene rings is 4. The first-order chi connectivity index (χ1) is 30.1. The molecule has 2 aliphatic heterocycles. The Bertz CT molecular complexity index is 2490. The van der Waals surface area contributed by atoms with Gasteiger partial charge in [0.1, 0.15) is 34.3 Å². The summed E-state index contributed by atoms with van der Waals surface area (Å²) < 4.78 is 81.3. The summed E-state index contributed by atoms with van der Waals surface area (Å²) in [6.07, 6.45) is -10.5. The van der Waals surface area contributed by atoms with Crippen LogP contribution in [0.5, 0.6) is 0 Å². The average Bonchev–Trinajstić information content (AvgIpc) is 3.51. The number of imide groups is 2. The number of nitriles is 2. The number of nitrogens with zero attached hydrogens (tertiary/aromatic N) is 8. The molecule has 0 aliphatic carbocycles. The number of rotatable bonds is 8. The number of nitro benzene ring substituents is 2. The molecule has 2 saturated heterocycles. The van der Waals surface area contributed by atoms with Crippen molar-refractivity contribution in [3.63, 3.8) is 0 Å². The second-order valence-corrected chi connectivity index (χ2v) is 15.5. The first-order valence-corrected chi connectivity index (χ1v) is 19.2. The van der Waals surface area contributed by atoms with E-state index in [1.807, 2.05) is 12.1 Å². The summed E-state index contributed by atoms with van der Waals surface area (Å²) in [6.45, 7) is 4.60. The minimum Gasteiger partial charge on any atom is -0.310 e. The van der Waals surface area contributed by atoms with Crippen LogP contribution in [0.4, 0.5) is 58.7 Å². The summed E-state index contributed by atoms with van der Waals surface area (Å²) in [7, 11) is 0. The number of hydrogen-bond donors (Lipinski definition) is 0. The van der Waals surface area contributed by atoms with E-state index in [4.69, 9.17) is 33.7 Å². The largest absolute Gasteiger partial charge is 0.423 e. The highest BCUT2D eigenvalue weighted by Crippen LogP contribution is 2.42. The van der Waals surface area contributed by atoms with Crippen LogP contribution in [0.3, 0.4) is 0 Å². The number of anilines is 2. The lowest BCUT2D eigenvalue weighted by Crippen LogP contribution is -2.47. The fourth-order valence-corrected chi connectivity index (χ4v) is 6.82. The number of carbonyl (C=O) groups is 4. The first kappa shape index (κ1) is 50.3. The molecule has 0 N–H and O–H groups in total. The van der Waals surface area contributed by atoms with Crippen molar-refractivity contribution in [3.05, 3.63) is 137 Å². The van der Waals surface area contributed by atoms with Gasteiger partial charge in [-0.05, 0) is 82.6 Å². The van der Waals surface area contributed by atoms with Crippen molar-refractivity contribution < 1.29 is 55.4 Å². The van der Waals surface area contributed by atoms with E-state index in [1.165, 1.54) is 27.7 Å². The van der Waals surface area contributed by atoms with Gasteiger partial charge in [0, 0.05) is 25.2 Å². The minimum absolute atomic E-state index is 0.130. The van der Waals surface area contributed by atoms with E-state index in [0.29, 0.717) is 55.2 Å². The molecular formula is C41H32Cl2F6N8O8. The van der Waals surface area contributed by atoms with Gasteiger partial charge in [0.2, 0.25) is 0 Å². The Hall–Kier alpha value is -7.30. The van der Waals surface area contributed by atoms with Gasteiger partial charge in [-0.1, -0.05) is 47.5 Å². The van der Waals surface area contributed by atoms with Gasteiger partial charge in [0.25, 0.3) is 23.2 Å². The van der Waals surface area contributed by atoms with E-state index in [9.17, 15) is 65.7 Å². The summed E-state index contributed by atoms with van der Waals surface area (Å²) in [5.74, 6) is -1.91. The molecule has 340 valence electrons. The second-order valence-electron chi connectivity index (χ2n) is 14.7. The lowest BCUT2D eigenvalue weighted by molar-refractivity contribution is -0.388. The zero-order chi connectivity index (χ0) is 49.0. The van der Waals surface area contributed by atoms with Crippen LogP contribution in [0.25, 0.3) is 0 Å². The van der Waals surface area contributed by atoms with Crippen LogP contribution in [0.1, 0.15) is 56.4 Å². The Morgan fingerprint density at radius 3 is 1.18 bits per heavy atom. The van der Waals surface area contributed by atoms with Crippen molar-refractivity contribution in [2.45, 2.75) is 57.5 Å². The molecule has 6 amide bonds. The molecule has 0 radical (unpaired) electrons.